The molecule has 1 aliphatic heterocycles. The molecule has 0 bridgehead atoms. The van der Waals surface area contributed by atoms with E-state index in [1.807, 2.05) is 0 Å². The summed E-state index contributed by atoms with van der Waals surface area (Å²) in [6.07, 6.45) is 5.45. The van der Waals surface area contributed by atoms with Crippen LogP contribution in [0.3, 0.4) is 0 Å². The number of hydrogen-bond acceptors (Lipinski definition) is 3. The van der Waals surface area contributed by atoms with Crippen LogP contribution in [0.4, 0.5) is 0 Å². The van der Waals surface area contributed by atoms with Gasteiger partial charge in [-0.3, -0.25) is 0 Å². The molecule has 2 rings (SSSR count). The zero-order chi connectivity index (χ0) is 13.7. The van der Waals surface area contributed by atoms with Gasteiger partial charge in [0.2, 0.25) is 0 Å². The highest BCUT2D eigenvalue weighted by molar-refractivity contribution is 4.88. The lowest BCUT2D eigenvalue weighted by Crippen LogP contribution is -2.51. The first-order chi connectivity index (χ1) is 9.15. The summed E-state index contributed by atoms with van der Waals surface area (Å²) in [4.78, 5) is 5.26. The molecule has 0 radical (unpaired) electrons. The Morgan fingerprint density at radius 2 is 1.68 bits per heavy atom. The van der Waals surface area contributed by atoms with E-state index in [2.05, 4.69) is 35.9 Å². The molecule has 3 heteroatoms. The van der Waals surface area contributed by atoms with Gasteiger partial charge in [0.1, 0.15) is 0 Å². The molecule has 19 heavy (non-hydrogen) atoms. The molecule has 3 nitrogen and oxygen atoms in total. The third kappa shape index (κ3) is 5.05. The molecule has 0 aromatic heterocycles. The summed E-state index contributed by atoms with van der Waals surface area (Å²) >= 11 is 0. The third-order valence-corrected chi connectivity index (χ3v) is 4.77. The number of piperazine rings is 1. The zero-order valence-electron chi connectivity index (χ0n) is 13.2. The van der Waals surface area contributed by atoms with E-state index in [1.54, 1.807) is 0 Å². The summed E-state index contributed by atoms with van der Waals surface area (Å²) in [5.74, 6) is 0. The highest BCUT2D eigenvalue weighted by Gasteiger charge is 2.30. The van der Waals surface area contributed by atoms with Crippen molar-refractivity contribution >= 4 is 0 Å². The van der Waals surface area contributed by atoms with Gasteiger partial charge in [-0.1, -0.05) is 27.2 Å². The van der Waals surface area contributed by atoms with E-state index in [9.17, 15) is 0 Å². The Morgan fingerprint density at radius 3 is 2.21 bits per heavy atom. The van der Waals surface area contributed by atoms with Crippen LogP contribution in [-0.4, -0.2) is 61.7 Å². The first-order valence-electron chi connectivity index (χ1n) is 8.33. The second-order valence-electron chi connectivity index (χ2n) is 6.93. The Bertz CT molecular complexity index is 257. The van der Waals surface area contributed by atoms with Gasteiger partial charge in [0.15, 0.2) is 0 Å². The first kappa shape index (κ1) is 15.3. The SMILES string of the molecule is CCCC(C)(CNC1CC1)CN1CCN(CC)CC1. The molecule has 0 aromatic rings. The van der Waals surface area contributed by atoms with Crippen molar-refractivity contribution in [3.8, 4) is 0 Å². The summed E-state index contributed by atoms with van der Waals surface area (Å²) in [5, 5.41) is 3.75. The van der Waals surface area contributed by atoms with Crippen molar-refractivity contribution in [3.63, 3.8) is 0 Å². The second kappa shape index (κ2) is 7.05. The minimum absolute atomic E-state index is 0.464. The molecule has 0 aromatic carbocycles. The van der Waals surface area contributed by atoms with Gasteiger partial charge < -0.3 is 15.1 Å². The molecule has 1 saturated heterocycles. The second-order valence-corrected chi connectivity index (χ2v) is 6.93. The number of hydrogen-bond donors (Lipinski definition) is 1. The van der Waals surface area contributed by atoms with E-state index >= 15 is 0 Å². The van der Waals surface area contributed by atoms with Gasteiger partial charge in [-0.25, -0.2) is 0 Å². The maximum atomic E-state index is 3.75. The summed E-state index contributed by atoms with van der Waals surface area (Å²) in [6, 6.07) is 0.841. The van der Waals surface area contributed by atoms with Crippen molar-refractivity contribution in [1.29, 1.82) is 0 Å². The highest BCUT2D eigenvalue weighted by Crippen LogP contribution is 2.27. The molecule has 1 N–H and O–H groups in total. The fourth-order valence-electron chi connectivity index (χ4n) is 3.31. The van der Waals surface area contributed by atoms with Gasteiger partial charge in [0.05, 0.1) is 0 Å². The van der Waals surface area contributed by atoms with Crippen LogP contribution in [0.5, 0.6) is 0 Å². The standard InChI is InChI=1S/C16H33N3/c1-4-8-16(3,13-17-15-6-7-15)14-19-11-9-18(5-2)10-12-19/h15,17H,4-14H2,1-3H3. The van der Waals surface area contributed by atoms with E-state index in [0.717, 1.165) is 6.04 Å². The van der Waals surface area contributed by atoms with Gasteiger partial charge in [-0.05, 0) is 31.2 Å². The van der Waals surface area contributed by atoms with Crippen molar-refractivity contribution in [2.45, 2.75) is 52.5 Å². The van der Waals surface area contributed by atoms with Gasteiger partial charge in [-0.2, -0.15) is 0 Å². The van der Waals surface area contributed by atoms with Gasteiger partial charge in [0.25, 0.3) is 0 Å². The smallest absolute Gasteiger partial charge is 0.0110 e. The molecule has 112 valence electrons. The number of rotatable bonds is 8. The summed E-state index contributed by atoms with van der Waals surface area (Å²) in [6.45, 7) is 15.8. The quantitative estimate of drug-likeness (QED) is 0.727. The van der Waals surface area contributed by atoms with E-state index in [1.165, 1.54) is 71.5 Å². The molecular formula is C16H33N3. The highest BCUT2D eigenvalue weighted by atomic mass is 15.3. The summed E-state index contributed by atoms with van der Waals surface area (Å²) in [5.41, 5.74) is 0.464. The summed E-state index contributed by atoms with van der Waals surface area (Å²) < 4.78 is 0. The van der Waals surface area contributed by atoms with Crippen LogP contribution in [0.15, 0.2) is 0 Å². The maximum Gasteiger partial charge on any atom is 0.0110 e. The Hall–Kier alpha value is -0.120. The van der Waals surface area contributed by atoms with Gasteiger partial charge in [0, 0.05) is 45.3 Å². The lowest BCUT2D eigenvalue weighted by atomic mass is 9.84. The monoisotopic (exact) mass is 267 g/mol. The van der Waals surface area contributed by atoms with Crippen LogP contribution in [0.2, 0.25) is 0 Å². The molecule has 0 spiro atoms. The lowest BCUT2D eigenvalue weighted by molar-refractivity contribution is 0.0881. The zero-order valence-corrected chi connectivity index (χ0v) is 13.2. The maximum absolute atomic E-state index is 3.75. The molecule has 1 heterocycles. The van der Waals surface area contributed by atoms with Crippen molar-refractivity contribution in [2.24, 2.45) is 5.41 Å². The topological polar surface area (TPSA) is 18.5 Å². The van der Waals surface area contributed by atoms with Crippen LogP contribution in [-0.2, 0) is 0 Å². The lowest BCUT2D eigenvalue weighted by Gasteiger charge is -2.40. The molecule has 2 fully saturated rings. The van der Waals surface area contributed by atoms with E-state index in [4.69, 9.17) is 0 Å². The van der Waals surface area contributed by atoms with Crippen molar-refractivity contribution < 1.29 is 0 Å². The largest absolute Gasteiger partial charge is 0.313 e. The van der Waals surface area contributed by atoms with Crippen LogP contribution in [0, 0.1) is 5.41 Å². The fraction of sp³-hybridized carbons (Fsp3) is 1.00. The molecule has 1 unspecified atom stereocenters. The molecule has 1 saturated carbocycles. The average Bonchev–Trinajstić information content (AvgIpc) is 3.22. The fourth-order valence-corrected chi connectivity index (χ4v) is 3.31. The molecule has 1 aliphatic carbocycles. The Kier molecular flexibility index (Phi) is 5.67. The van der Waals surface area contributed by atoms with Gasteiger partial charge in [-0.15, -0.1) is 0 Å². The Labute approximate surface area is 119 Å². The van der Waals surface area contributed by atoms with Crippen LogP contribution in [0.25, 0.3) is 0 Å². The predicted molar refractivity (Wildman–Crippen MR) is 82.6 cm³/mol. The average molecular weight is 267 g/mol. The summed E-state index contributed by atoms with van der Waals surface area (Å²) in [7, 11) is 0. The normalized spacial score (nSPS) is 25.4. The van der Waals surface area contributed by atoms with Crippen molar-refractivity contribution in [3.05, 3.63) is 0 Å². The number of nitrogens with zero attached hydrogens (tertiary/aromatic N) is 2. The van der Waals surface area contributed by atoms with Crippen LogP contribution >= 0.6 is 0 Å². The Morgan fingerprint density at radius 1 is 1.05 bits per heavy atom. The van der Waals surface area contributed by atoms with Gasteiger partial charge >= 0.3 is 0 Å². The van der Waals surface area contributed by atoms with Crippen molar-refractivity contribution in [1.82, 2.24) is 15.1 Å². The first-order valence-corrected chi connectivity index (χ1v) is 8.33. The minimum atomic E-state index is 0.464. The van der Waals surface area contributed by atoms with Crippen LogP contribution < -0.4 is 5.32 Å². The van der Waals surface area contributed by atoms with E-state index < -0.39 is 0 Å². The van der Waals surface area contributed by atoms with Crippen molar-refractivity contribution in [2.75, 3.05) is 45.8 Å². The molecule has 2 aliphatic rings. The molecule has 1 atom stereocenters. The minimum Gasteiger partial charge on any atom is -0.313 e. The Balaban J connectivity index is 1.77. The third-order valence-electron chi connectivity index (χ3n) is 4.77. The van der Waals surface area contributed by atoms with E-state index in [0.29, 0.717) is 5.41 Å². The molecular weight excluding hydrogens is 234 g/mol. The molecule has 0 amide bonds. The number of nitrogens with one attached hydrogen (secondary N) is 1. The van der Waals surface area contributed by atoms with Crippen LogP contribution in [0.1, 0.15) is 46.5 Å². The predicted octanol–water partition coefficient (Wildman–Crippen LogP) is 2.18. The number of likely N-dealkylation sites (N-methyl/N-ethyl adjacent to an activating group) is 1. The van der Waals surface area contributed by atoms with E-state index in [-0.39, 0.29) is 0 Å².